The SMILES string of the molecule is C=CCc1ccccc1OCC(=O)Nc1sc2c(c1C(=O)OC)CCC(C)C2. The third-order valence-corrected chi connectivity index (χ3v) is 6.02. The summed E-state index contributed by atoms with van der Waals surface area (Å²) in [5.41, 5.74) is 2.48. The van der Waals surface area contributed by atoms with E-state index in [0.29, 0.717) is 28.7 Å². The molecule has 148 valence electrons. The minimum atomic E-state index is -0.403. The van der Waals surface area contributed by atoms with E-state index in [1.54, 1.807) is 6.08 Å². The van der Waals surface area contributed by atoms with Gasteiger partial charge in [-0.25, -0.2) is 4.79 Å². The fraction of sp³-hybridized carbons (Fsp3) is 0.364. The normalized spacial score (nSPS) is 15.4. The Balaban J connectivity index is 1.74. The van der Waals surface area contributed by atoms with Crippen LogP contribution < -0.4 is 10.1 Å². The first-order valence-electron chi connectivity index (χ1n) is 9.37. The summed E-state index contributed by atoms with van der Waals surface area (Å²) in [5, 5.41) is 3.41. The van der Waals surface area contributed by atoms with Crippen LogP contribution in [0.15, 0.2) is 36.9 Å². The zero-order valence-electron chi connectivity index (χ0n) is 16.2. The number of rotatable bonds is 7. The molecule has 1 unspecified atom stereocenters. The Kier molecular flexibility index (Phi) is 6.52. The van der Waals surface area contributed by atoms with E-state index < -0.39 is 5.97 Å². The summed E-state index contributed by atoms with van der Waals surface area (Å²) in [7, 11) is 1.36. The highest BCUT2D eigenvalue weighted by atomic mass is 32.1. The molecule has 0 radical (unpaired) electrons. The molecule has 6 heteroatoms. The number of amides is 1. The number of hydrogen-bond donors (Lipinski definition) is 1. The molecule has 28 heavy (non-hydrogen) atoms. The Morgan fingerprint density at radius 2 is 2.14 bits per heavy atom. The number of hydrogen-bond acceptors (Lipinski definition) is 5. The molecule has 0 bridgehead atoms. The van der Waals surface area contributed by atoms with Crippen molar-refractivity contribution in [1.82, 2.24) is 0 Å². The number of allylic oxidation sites excluding steroid dienone is 1. The lowest BCUT2D eigenvalue weighted by Crippen LogP contribution is -2.21. The molecule has 0 spiro atoms. The van der Waals surface area contributed by atoms with Gasteiger partial charge < -0.3 is 14.8 Å². The van der Waals surface area contributed by atoms with Crippen LogP contribution in [-0.2, 0) is 28.8 Å². The number of anilines is 1. The molecule has 1 aromatic heterocycles. The van der Waals surface area contributed by atoms with Crippen LogP contribution in [0.4, 0.5) is 5.00 Å². The highest BCUT2D eigenvalue weighted by Gasteiger charge is 2.28. The summed E-state index contributed by atoms with van der Waals surface area (Å²) in [6, 6.07) is 7.56. The van der Waals surface area contributed by atoms with Crippen LogP contribution >= 0.6 is 11.3 Å². The quantitative estimate of drug-likeness (QED) is 0.553. The van der Waals surface area contributed by atoms with Crippen molar-refractivity contribution in [3.63, 3.8) is 0 Å². The molecule has 0 aliphatic heterocycles. The summed E-state index contributed by atoms with van der Waals surface area (Å²) < 4.78 is 10.7. The minimum Gasteiger partial charge on any atom is -0.483 e. The molecule has 1 atom stereocenters. The highest BCUT2D eigenvalue weighted by Crippen LogP contribution is 2.40. The van der Waals surface area contributed by atoms with Crippen molar-refractivity contribution < 1.29 is 19.1 Å². The number of para-hydroxylation sites is 1. The molecular formula is C22H25NO4S. The topological polar surface area (TPSA) is 64.6 Å². The zero-order valence-corrected chi connectivity index (χ0v) is 17.1. The molecule has 1 amide bonds. The molecule has 0 saturated carbocycles. The lowest BCUT2D eigenvalue weighted by atomic mass is 9.88. The van der Waals surface area contributed by atoms with Gasteiger partial charge in [0.05, 0.1) is 12.7 Å². The van der Waals surface area contributed by atoms with Crippen LogP contribution in [0.2, 0.25) is 0 Å². The van der Waals surface area contributed by atoms with Gasteiger partial charge in [-0.2, -0.15) is 0 Å². The first kappa shape index (κ1) is 20.1. The standard InChI is InChI=1S/C22H25NO4S/c1-4-7-15-8-5-6-9-17(15)27-13-19(24)23-21-20(22(25)26-3)16-11-10-14(2)12-18(16)28-21/h4-6,8-9,14H,1,7,10-13H2,2-3H3,(H,23,24). The van der Waals surface area contributed by atoms with Crippen LogP contribution in [0.25, 0.3) is 0 Å². The van der Waals surface area contributed by atoms with Gasteiger partial charge in [0.15, 0.2) is 6.61 Å². The number of carbonyl (C=O) groups is 2. The number of nitrogens with one attached hydrogen (secondary N) is 1. The summed E-state index contributed by atoms with van der Waals surface area (Å²) in [4.78, 5) is 26.0. The lowest BCUT2D eigenvalue weighted by Gasteiger charge is -2.18. The predicted molar refractivity (Wildman–Crippen MR) is 111 cm³/mol. The van der Waals surface area contributed by atoms with Crippen molar-refractivity contribution >= 4 is 28.2 Å². The van der Waals surface area contributed by atoms with Gasteiger partial charge in [0.1, 0.15) is 10.8 Å². The van der Waals surface area contributed by atoms with E-state index in [2.05, 4.69) is 18.8 Å². The average molecular weight is 400 g/mol. The highest BCUT2D eigenvalue weighted by molar-refractivity contribution is 7.17. The van der Waals surface area contributed by atoms with Crippen LogP contribution in [0.3, 0.4) is 0 Å². The Hall–Kier alpha value is -2.60. The van der Waals surface area contributed by atoms with E-state index in [1.165, 1.54) is 18.4 Å². The average Bonchev–Trinajstić information content (AvgIpc) is 3.03. The van der Waals surface area contributed by atoms with E-state index in [0.717, 1.165) is 35.3 Å². The second-order valence-electron chi connectivity index (χ2n) is 6.98. The first-order chi connectivity index (χ1) is 13.5. The first-order valence-corrected chi connectivity index (χ1v) is 10.2. The van der Waals surface area contributed by atoms with Gasteiger partial charge >= 0.3 is 5.97 Å². The fourth-order valence-electron chi connectivity index (χ4n) is 3.43. The third-order valence-electron chi connectivity index (χ3n) is 4.85. The monoisotopic (exact) mass is 399 g/mol. The zero-order chi connectivity index (χ0) is 20.1. The Labute approximate surface area is 169 Å². The summed E-state index contributed by atoms with van der Waals surface area (Å²) in [6.07, 6.45) is 5.25. The number of benzene rings is 1. The van der Waals surface area contributed by atoms with Crippen LogP contribution in [0, 0.1) is 5.92 Å². The number of fused-ring (bicyclic) bond motifs is 1. The maximum Gasteiger partial charge on any atom is 0.341 e. The van der Waals surface area contributed by atoms with E-state index in [-0.39, 0.29) is 12.5 Å². The van der Waals surface area contributed by atoms with Gasteiger partial charge in [0.25, 0.3) is 5.91 Å². The van der Waals surface area contributed by atoms with E-state index in [9.17, 15) is 9.59 Å². The molecule has 1 aliphatic carbocycles. The largest absolute Gasteiger partial charge is 0.483 e. The second-order valence-corrected chi connectivity index (χ2v) is 8.09. The van der Waals surface area contributed by atoms with Gasteiger partial charge in [-0.3, -0.25) is 4.79 Å². The molecule has 2 aromatic rings. The molecule has 0 fully saturated rings. The van der Waals surface area contributed by atoms with Crippen LogP contribution in [-0.4, -0.2) is 25.6 Å². The molecule has 1 N–H and O–H groups in total. The molecule has 1 aliphatic rings. The van der Waals surface area contributed by atoms with Gasteiger partial charge in [-0.05, 0) is 48.8 Å². The van der Waals surface area contributed by atoms with E-state index >= 15 is 0 Å². The van der Waals surface area contributed by atoms with E-state index in [1.807, 2.05) is 24.3 Å². The maximum absolute atomic E-state index is 12.5. The lowest BCUT2D eigenvalue weighted by molar-refractivity contribution is -0.118. The van der Waals surface area contributed by atoms with Crippen LogP contribution in [0.5, 0.6) is 5.75 Å². The predicted octanol–water partition coefficient (Wildman–Crippen LogP) is 4.41. The summed E-state index contributed by atoms with van der Waals surface area (Å²) in [5.74, 6) is 0.528. The second kappa shape index (κ2) is 9.06. The molecule has 1 aromatic carbocycles. The molecule has 5 nitrogen and oxygen atoms in total. The van der Waals surface area contributed by atoms with Crippen LogP contribution in [0.1, 0.15) is 39.7 Å². The Bertz CT molecular complexity index is 887. The van der Waals surface area contributed by atoms with Gasteiger partial charge in [-0.15, -0.1) is 17.9 Å². The number of carbonyl (C=O) groups excluding carboxylic acids is 2. The Morgan fingerprint density at radius 1 is 1.36 bits per heavy atom. The maximum atomic E-state index is 12.5. The third kappa shape index (κ3) is 4.44. The Morgan fingerprint density at radius 3 is 2.89 bits per heavy atom. The number of ether oxygens (including phenoxy) is 2. The number of methoxy groups -OCH3 is 1. The van der Waals surface area contributed by atoms with Crippen molar-refractivity contribution in [1.29, 1.82) is 0 Å². The molecule has 1 heterocycles. The van der Waals surface area contributed by atoms with Crippen molar-refractivity contribution in [3.05, 3.63) is 58.5 Å². The minimum absolute atomic E-state index is 0.131. The van der Waals surface area contributed by atoms with Crippen molar-refractivity contribution in [2.24, 2.45) is 5.92 Å². The number of thiophene rings is 1. The fourth-order valence-corrected chi connectivity index (χ4v) is 4.85. The molecule has 3 rings (SSSR count). The van der Waals surface area contributed by atoms with Gasteiger partial charge in [-0.1, -0.05) is 31.2 Å². The summed E-state index contributed by atoms with van der Waals surface area (Å²) >= 11 is 1.47. The summed E-state index contributed by atoms with van der Waals surface area (Å²) in [6.45, 7) is 5.81. The van der Waals surface area contributed by atoms with Gasteiger partial charge in [0, 0.05) is 4.88 Å². The van der Waals surface area contributed by atoms with Crippen molar-refractivity contribution in [2.45, 2.75) is 32.6 Å². The number of esters is 1. The van der Waals surface area contributed by atoms with Gasteiger partial charge in [0.2, 0.25) is 0 Å². The molecule has 0 saturated heterocycles. The smallest absolute Gasteiger partial charge is 0.341 e. The van der Waals surface area contributed by atoms with Crippen molar-refractivity contribution in [2.75, 3.05) is 19.0 Å². The van der Waals surface area contributed by atoms with E-state index in [4.69, 9.17) is 9.47 Å². The van der Waals surface area contributed by atoms with Crippen molar-refractivity contribution in [3.8, 4) is 5.75 Å². The molecular weight excluding hydrogens is 374 g/mol.